The topological polar surface area (TPSA) is 84.0 Å². The van der Waals surface area contributed by atoms with Gasteiger partial charge in [-0.05, 0) is 24.3 Å². The quantitative estimate of drug-likeness (QED) is 0.575. The van der Waals surface area contributed by atoms with E-state index in [1.54, 1.807) is 23.6 Å². The summed E-state index contributed by atoms with van der Waals surface area (Å²) >= 11 is 1.29. The molecule has 3 aromatic rings. The van der Waals surface area contributed by atoms with E-state index < -0.39 is 0 Å². The average molecular weight is 467 g/mol. The molecule has 1 saturated heterocycles. The van der Waals surface area contributed by atoms with Crippen molar-refractivity contribution in [1.29, 1.82) is 0 Å². The maximum atomic E-state index is 12.8. The lowest BCUT2D eigenvalue weighted by Crippen LogP contribution is -2.49. The van der Waals surface area contributed by atoms with Crippen molar-refractivity contribution in [3.8, 4) is 11.5 Å². The van der Waals surface area contributed by atoms with Crippen LogP contribution >= 0.6 is 11.3 Å². The molecular weight excluding hydrogens is 440 g/mol. The van der Waals surface area contributed by atoms with Gasteiger partial charge in [0, 0.05) is 48.9 Å². The van der Waals surface area contributed by atoms with E-state index in [9.17, 15) is 9.59 Å². The number of carbonyl (C=O) groups excluding carboxylic acids is 2. The van der Waals surface area contributed by atoms with Gasteiger partial charge in [-0.15, -0.1) is 11.3 Å². The van der Waals surface area contributed by atoms with Gasteiger partial charge in [0.2, 0.25) is 5.91 Å². The smallest absolute Gasteiger partial charge is 0.257 e. The molecule has 1 fully saturated rings. The lowest BCUT2D eigenvalue weighted by molar-refractivity contribution is -0.130. The summed E-state index contributed by atoms with van der Waals surface area (Å²) in [4.78, 5) is 34.0. The van der Waals surface area contributed by atoms with Crippen LogP contribution in [0.4, 0.5) is 10.8 Å². The number of carbonyl (C=O) groups is 2. The zero-order chi connectivity index (χ0) is 23.2. The minimum absolute atomic E-state index is 0.0448. The monoisotopic (exact) mass is 466 g/mol. The second-order valence-electron chi connectivity index (χ2n) is 7.58. The Kier molecular flexibility index (Phi) is 7.09. The molecule has 8 nitrogen and oxygen atoms in total. The first-order chi connectivity index (χ1) is 16.1. The number of rotatable bonds is 7. The fourth-order valence-electron chi connectivity index (χ4n) is 3.67. The van der Waals surface area contributed by atoms with Crippen molar-refractivity contribution >= 4 is 34.0 Å². The van der Waals surface area contributed by atoms with E-state index in [0.717, 1.165) is 13.1 Å². The van der Waals surface area contributed by atoms with Crippen LogP contribution in [-0.2, 0) is 11.2 Å². The molecule has 0 spiro atoms. The number of methoxy groups -OCH3 is 2. The fourth-order valence-corrected chi connectivity index (χ4v) is 4.38. The Morgan fingerprint density at radius 2 is 1.67 bits per heavy atom. The van der Waals surface area contributed by atoms with E-state index in [-0.39, 0.29) is 18.2 Å². The second kappa shape index (κ2) is 10.4. The summed E-state index contributed by atoms with van der Waals surface area (Å²) < 4.78 is 10.4. The van der Waals surface area contributed by atoms with Crippen LogP contribution in [0, 0.1) is 0 Å². The van der Waals surface area contributed by atoms with Gasteiger partial charge in [-0.25, -0.2) is 4.98 Å². The molecular formula is C24H26N4O4S. The maximum Gasteiger partial charge on any atom is 0.257 e. The number of aromatic nitrogens is 1. The Labute approximate surface area is 196 Å². The number of piperazine rings is 1. The number of anilines is 2. The molecule has 0 aliphatic carbocycles. The lowest BCUT2D eigenvalue weighted by Gasteiger charge is -2.36. The Morgan fingerprint density at radius 3 is 2.30 bits per heavy atom. The summed E-state index contributed by atoms with van der Waals surface area (Å²) in [6.45, 7) is 2.97. The van der Waals surface area contributed by atoms with Gasteiger partial charge in [-0.2, -0.15) is 0 Å². The Bertz CT molecular complexity index is 1090. The predicted octanol–water partition coefficient (Wildman–Crippen LogP) is 3.30. The van der Waals surface area contributed by atoms with E-state index in [1.165, 1.54) is 31.2 Å². The van der Waals surface area contributed by atoms with E-state index in [2.05, 4.69) is 27.3 Å². The highest BCUT2D eigenvalue weighted by molar-refractivity contribution is 7.14. The van der Waals surface area contributed by atoms with Crippen molar-refractivity contribution in [1.82, 2.24) is 9.88 Å². The van der Waals surface area contributed by atoms with Gasteiger partial charge in [-0.3, -0.25) is 14.9 Å². The maximum absolute atomic E-state index is 12.8. The van der Waals surface area contributed by atoms with Gasteiger partial charge >= 0.3 is 0 Å². The van der Waals surface area contributed by atoms with Gasteiger partial charge in [0.25, 0.3) is 5.91 Å². The van der Waals surface area contributed by atoms with Gasteiger partial charge in [0.05, 0.1) is 26.3 Å². The third-order valence-electron chi connectivity index (χ3n) is 5.47. The Balaban J connectivity index is 1.32. The van der Waals surface area contributed by atoms with Crippen LogP contribution in [0.15, 0.2) is 53.9 Å². The number of para-hydroxylation sites is 1. The second-order valence-corrected chi connectivity index (χ2v) is 8.44. The SMILES string of the molecule is COc1cc(OC)cc(C(=O)Nc2nc(CC(=O)N3CCN(c4ccccc4)CC3)cs2)c1. The fraction of sp³-hybridized carbons (Fsp3) is 0.292. The highest BCUT2D eigenvalue weighted by Crippen LogP contribution is 2.24. The van der Waals surface area contributed by atoms with Crippen LogP contribution in [0.5, 0.6) is 11.5 Å². The summed E-state index contributed by atoms with van der Waals surface area (Å²) in [5.74, 6) is 0.773. The summed E-state index contributed by atoms with van der Waals surface area (Å²) in [5.41, 5.74) is 2.22. The predicted molar refractivity (Wildman–Crippen MR) is 129 cm³/mol. The number of nitrogens with zero attached hydrogens (tertiary/aromatic N) is 3. The van der Waals surface area contributed by atoms with Crippen LogP contribution in [0.1, 0.15) is 16.1 Å². The van der Waals surface area contributed by atoms with Crippen molar-refractivity contribution < 1.29 is 19.1 Å². The van der Waals surface area contributed by atoms with Gasteiger partial charge in [-0.1, -0.05) is 18.2 Å². The van der Waals surface area contributed by atoms with E-state index in [4.69, 9.17) is 9.47 Å². The molecule has 9 heteroatoms. The van der Waals surface area contributed by atoms with E-state index in [0.29, 0.717) is 41.0 Å². The first-order valence-electron chi connectivity index (χ1n) is 10.6. The molecule has 4 rings (SSSR count). The number of hydrogen-bond donors (Lipinski definition) is 1. The molecule has 0 saturated carbocycles. The van der Waals surface area contributed by atoms with Gasteiger partial charge in [0.15, 0.2) is 5.13 Å². The molecule has 1 aliphatic rings. The first-order valence-corrected chi connectivity index (χ1v) is 11.5. The zero-order valence-corrected chi connectivity index (χ0v) is 19.4. The van der Waals surface area contributed by atoms with Crippen LogP contribution in [0.25, 0.3) is 0 Å². The van der Waals surface area contributed by atoms with Crippen LogP contribution in [-0.4, -0.2) is 62.1 Å². The molecule has 1 N–H and O–H groups in total. The Hall–Kier alpha value is -3.59. The standard InChI is InChI=1S/C24H26N4O4S/c1-31-20-12-17(13-21(15-20)32-2)23(30)26-24-25-18(16-33-24)14-22(29)28-10-8-27(9-11-28)19-6-4-3-5-7-19/h3-7,12-13,15-16H,8-11,14H2,1-2H3,(H,25,26,30). The number of hydrogen-bond acceptors (Lipinski definition) is 7. The summed E-state index contributed by atoms with van der Waals surface area (Å²) in [6.07, 6.45) is 0.213. The number of thiazole rings is 1. The van der Waals surface area contributed by atoms with Crippen molar-refractivity contribution in [2.24, 2.45) is 0 Å². The molecule has 2 amide bonds. The Morgan fingerprint density at radius 1 is 1.00 bits per heavy atom. The van der Waals surface area contributed by atoms with Crippen molar-refractivity contribution in [2.75, 3.05) is 50.6 Å². The summed E-state index contributed by atoms with van der Waals surface area (Å²) in [6, 6.07) is 15.2. The van der Waals surface area contributed by atoms with Crippen molar-refractivity contribution in [2.45, 2.75) is 6.42 Å². The molecule has 33 heavy (non-hydrogen) atoms. The molecule has 2 heterocycles. The highest BCUT2D eigenvalue weighted by Gasteiger charge is 2.22. The minimum atomic E-state index is -0.323. The number of benzene rings is 2. The number of nitrogens with one attached hydrogen (secondary N) is 1. The van der Waals surface area contributed by atoms with E-state index >= 15 is 0 Å². The molecule has 0 unspecified atom stereocenters. The van der Waals surface area contributed by atoms with Gasteiger partial charge in [0.1, 0.15) is 11.5 Å². The van der Waals surface area contributed by atoms with Gasteiger partial charge < -0.3 is 19.3 Å². The van der Waals surface area contributed by atoms with Crippen molar-refractivity contribution in [3.63, 3.8) is 0 Å². The molecule has 0 bridgehead atoms. The molecule has 0 atom stereocenters. The molecule has 0 radical (unpaired) electrons. The summed E-state index contributed by atoms with van der Waals surface area (Å²) in [7, 11) is 3.06. The highest BCUT2D eigenvalue weighted by atomic mass is 32.1. The minimum Gasteiger partial charge on any atom is -0.497 e. The van der Waals surface area contributed by atoms with Crippen LogP contribution in [0.2, 0.25) is 0 Å². The zero-order valence-electron chi connectivity index (χ0n) is 18.6. The number of amides is 2. The normalized spacial score (nSPS) is 13.5. The molecule has 172 valence electrons. The molecule has 1 aromatic heterocycles. The molecule has 1 aliphatic heterocycles. The van der Waals surface area contributed by atoms with Crippen molar-refractivity contribution in [3.05, 3.63) is 65.2 Å². The van der Waals surface area contributed by atoms with E-state index in [1.807, 2.05) is 23.1 Å². The third kappa shape index (κ3) is 5.61. The summed E-state index contributed by atoms with van der Waals surface area (Å²) in [5, 5.41) is 5.03. The third-order valence-corrected chi connectivity index (χ3v) is 6.28. The van der Waals surface area contributed by atoms with Crippen LogP contribution < -0.4 is 19.7 Å². The number of ether oxygens (including phenoxy) is 2. The molecule has 2 aromatic carbocycles. The first kappa shape index (κ1) is 22.6. The largest absolute Gasteiger partial charge is 0.497 e. The average Bonchev–Trinajstić information content (AvgIpc) is 3.30. The lowest BCUT2D eigenvalue weighted by atomic mass is 10.2. The van der Waals surface area contributed by atoms with Crippen LogP contribution in [0.3, 0.4) is 0 Å².